The fraction of sp³-hybridized carbons (Fsp3) is 0. The predicted octanol–water partition coefficient (Wildman–Crippen LogP) is 8.51. The van der Waals surface area contributed by atoms with Crippen LogP contribution in [-0.4, -0.2) is 8.07 Å². The van der Waals surface area contributed by atoms with Gasteiger partial charge in [0.2, 0.25) is 0 Å². The Balaban J connectivity index is 1.44. The average Bonchev–Trinajstić information content (AvgIpc) is 3.10. The molecular formula is C40H31OSi-. The second kappa shape index (κ2) is 11.4. The van der Waals surface area contributed by atoms with Crippen molar-refractivity contribution in [2.75, 3.05) is 0 Å². The third-order valence-corrected chi connectivity index (χ3v) is 12.9. The molecule has 0 atom stereocenters. The Morgan fingerprint density at radius 2 is 0.571 bits per heavy atom. The van der Waals surface area contributed by atoms with Crippen molar-refractivity contribution in [2.24, 2.45) is 0 Å². The zero-order chi connectivity index (χ0) is 28.2. The Labute approximate surface area is 248 Å². The van der Waals surface area contributed by atoms with Gasteiger partial charge in [-0.25, -0.2) is 0 Å². The molecule has 0 radical (unpaired) electrons. The van der Waals surface area contributed by atoms with Gasteiger partial charge >= 0.3 is 249 Å². The van der Waals surface area contributed by atoms with Gasteiger partial charge in [-0.1, -0.05) is 0 Å². The molecule has 0 saturated carbocycles. The Morgan fingerprint density at radius 1 is 0.286 bits per heavy atom. The molecule has 0 spiro atoms. The minimum absolute atomic E-state index is 0.918. The van der Waals surface area contributed by atoms with Crippen LogP contribution < -0.4 is 10.4 Å². The zero-order valence-electron chi connectivity index (χ0n) is 23.3. The molecule has 0 unspecified atom stereocenters. The van der Waals surface area contributed by atoms with Gasteiger partial charge in [-0.3, -0.25) is 0 Å². The summed E-state index contributed by atoms with van der Waals surface area (Å²) < 4.78 is 6.71. The van der Waals surface area contributed by atoms with Crippen molar-refractivity contribution in [1.82, 2.24) is 0 Å². The number of ether oxygens (including phenoxy) is 1. The van der Waals surface area contributed by atoms with Gasteiger partial charge in [-0.05, 0) is 0 Å². The third-order valence-electron chi connectivity index (χ3n) is 8.30. The molecule has 0 amide bonds. The summed E-state index contributed by atoms with van der Waals surface area (Å²) in [6, 6.07) is 60.6. The summed E-state index contributed by atoms with van der Waals surface area (Å²) >= 11 is 0. The summed E-state index contributed by atoms with van der Waals surface area (Å²) in [6.45, 7) is 0. The van der Waals surface area contributed by atoms with E-state index in [4.69, 9.17) is 4.74 Å². The second-order valence-corrected chi connectivity index (χ2v) is 14.9. The Kier molecular flexibility index (Phi) is 6.97. The summed E-state index contributed by atoms with van der Waals surface area (Å²) in [5, 5.41) is 2.69. The van der Waals surface area contributed by atoms with Crippen LogP contribution in [0.3, 0.4) is 0 Å². The number of hydrogen-bond acceptors (Lipinski definition) is 1. The first-order valence-electron chi connectivity index (χ1n) is 14.5. The first kappa shape index (κ1) is 25.8. The molecule has 1 aliphatic heterocycles. The van der Waals surface area contributed by atoms with E-state index in [1.807, 2.05) is 0 Å². The summed E-state index contributed by atoms with van der Waals surface area (Å²) in [7, 11) is -3.04. The van der Waals surface area contributed by atoms with Crippen LogP contribution in [-0.2, 0) is 4.74 Å². The van der Waals surface area contributed by atoms with Crippen LogP contribution in [0.5, 0.6) is 0 Å². The fourth-order valence-corrected chi connectivity index (χ4v) is 10.4. The van der Waals surface area contributed by atoms with Crippen LogP contribution >= 0.6 is 0 Å². The molecule has 1 heterocycles. The van der Waals surface area contributed by atoms with Gasteiger partial charge in [-0.2, -0.15) is 0 Å². The van der Waals surface area contributed by atoms with E-state index in [0.717, 1.165) is 22.6 Å². The summed E-state index contributed by atoms with van der Waals surface area (Å²) in [6.07, 6.45) is 0. The van der Waals surface area contributed by atoms with E-state index >= 15 is 0 Å². The summed E-state index contributed by atoms with van der Waals surface area (Å²) in [4.78, 5) is 0. The number of hydrogen-bond donors (Lipinski definition) is 0. The minimum atomic E-state index is -3.04. The van der Waals surface area contributed by atoms with Crippen molar-refractivity contribution in [3.63, 3.8) is 0 Å². The normalized spacial score (nSPS) is 14.7. The Hall–Kier alpha value is -5.18. The van der Waals surface area contributed by atoms with Crippen LogP contribution in [0.4, 0.5) is 0 Å². The van der Waals surface area contributed by atoms with Crippen molar-refractivity contribution in [3.05, 3.63) is 192 Å². The van der Waals surface area contributed by atoms with Crippen LogP contribution in [0.1, 0.15) is 11.1 Å². The van der Waals surface area contributed by atoms with Crippen molar-refractivity contribution in [1.29, 1.82) is 0 Å². The van der Waals surface area contributed by atoms with E-state index in [1.54, 1.807) is 0 Å². The van der Waals surface area contributed by atoms with E-state index in [2.05, 4.69) is 181 Å². The van der Waals surface area contributed by atoms with Crippen LogP contribution in [0.2, 0.25) is 0 Å². The van der Waals surface area contributed by atoms with Crippen LogP contribution in [0, 0.1) is 0 Å². The Bertz CT molecular complexity index is 1700. The van der Waals surface area contributed by atoms with E-state index in [1.165, 1.54) is 32.6 Å². The maximum absolute atomic E-state index is 6.71. The molecule has 0 aromatic heterocycles. The van der Waals surface area contributed by atoms with E-state index in [-0.39, 0.29) is 0 Å². The number of rotatable bonds is 6. The summed E-state index contributed by atoms with van der Waals surface area (Å²) in [5.41, 5.74) is 12.0. The molecule has 42 heavy (non-hydrogen) atoms. The molecule has 0 aliphatic carbocycles. The third kappa shape index (κ3) is 5.05. The predicted molar refractivity (Wildman–Crippen MR) is 180 cm³/mol. The molecule has 7 rings (SSSR count). The Morgan fingerprint density at radius 3 is 0.905 bits per heavy atom. The molecule has 0 saturated heterocycles. The molecule has 0 bridgehead atoms. The quantitative estimate of drug-likeness (QED) is 0.187. The maximum atomic E-state index is 6.71. The standard InChI is InChI=1S/C40H31OSi/c1-5-13-31(14-6-1)33-21-25-37(26-22-33)42(38-27-23-34(24-28-38)32-15-7-2-8-16-32)29-39(35-17-9-3-10-18-35)41-40(30-42)36-19-11-4-12-20-36/h1-30,42H/q-1. The molecule has 2 heteroatoms. The molecule has 202 valence electrons. The molecule has 0 fully saturated rings. The first-order valence-corrected chi connectivity index (χ1v) is 17.0. The SMILES string of the molecule is C1=C(c2ccccc2)OC(c2ccccc2)=C[SiH-]1(c1ccc(-c2ccccc2)cc1)c1ccc(-c2ccccc2)cc1. The fourth-order valence-electron chi connectivity index (χ4n) is 6.05. The average molecular weight is 556 g/mol. The molecular weight excluding hydrogens is 525 g/mol. The van der Waals surface area contributed by atoms with Crippen molar-refractivity contribution in [2.45, 2.75) is 0 Å². The second-order valence-electron chi connectivity index (χ2n) is 10.9. The molecule has 1 aliphatic rings. The number of benzene rings is 6. The van der Waals surface area contributed by atoms with Crippen molar-refractivity contribution in [3.8, 4) is 22.3 Å². The van der Waals surface area contributed by atoms with Gasteiger partial charge in [0.25, 0.3) is 0 Å². The van der Waals surface area contributed by atoms with Crippen molar-refractivity contribution < 1.29 is 4.74 Å². The van der Waals surface area contributed by atoms with Gasteiger partial charge in [0.15, 0.2) is 0 Å². The van der Waals surface area contributed by atoms with Gasteiger partial charge in [0.05, 0.1) is 0 Å². The molecule has 0 N–H and O–H groups in total. The topological polar surface area (TPSA) is 9.23 Å². The monoisotopic (exact) mass is 555 g/mol. The summed E-state index contributed by atoms with van der Waals surface area (Å²) in [5.74, 6) is 1.84. The van der Waals surface area contributed by atoms with Gasteiger partial charge < -0.3 is 0 Å². The van der Waals surface area contributed by atoms with Crippen LogP contribution in [0.15, 0.2) is 181 Å². The zero-order valence-corrected chi connectivity index (χ0v) is 24.5. The van der Waals surface area contributed by atoms with E-state index in [9.17, 15) is 0 Å². The molecule has 6 aromatic carbocycles. The van der Waals surface area contributed by atoms with Gasteiger partial charge in [-0.15, -0.1) is 0 Å². The first-order chi connectivity index (χ1) is 20.8. The van der Waals surface area contributed by atoms with Gasteiger partial charge in [0, 0.05) is 0 Å². The van der Waals surface area contributed by atoms with Crippen LogP contribution in [0.25, 0.3) is 33.8 Å². The van der Waals surface area contributed by atoms with Gasteiger partial charge in [0.1, 0.15) is 0 Å². The molecule has 6 aromatic rings. The van der Waals surface area contributed by atoms with Crippen molar-refractivity contribution >= 4 is 30.0 Å². The van der Waals surface area contributed by atoms with E-state index in [0.29, 0.717) is 0 Å². The van der Waals surface area contributed by atoms with E-state index < -0.39 is 8.07 Å². The molecule has 1 nitrogen and oxygen atoms in total.